The third kappa shape index (κ3) is 2.47. The topological polar surface area (TPSA) is 63.3 Å². The summed E-state index contributed by atoms with van der Waals surface area (Å²) >= 11 is 0. The van der Waals surface area contributed by atoms with Crippen molar-refractivity contribution in [2.75, 3.05) is 0 Å². The fraction of sp³-hybridized carbons (Fsp3) is 0.909. The van der Waals surface area contributed by atoms with Gasteiger partial charge in [0.15, 0.2) is 0 Å². The van der Waals surface area contributed by atoms with Crippen molar-refractivity contribution in [3.8, 4) is 0 Å². The van der Waals surface area contributed by atoms with E-state index in [2.05, 4.69) is 13.8 Å². The first-order valence-corrected chi connectivity index (χ1v) is 5.52. The highest BCUT2D eigenvalue weighted by Gasteiger charge is 2.35. The minimum absolute atomic E-state index is 0.148. The van der Waals surface area contributed by atoms with E-state index in [1.807, 2.05) is 0 Å². The highest BCUT2D eigenvalue weighted by atomic mass is 16.4. The molecule has 1 fully saturated rings. The minimum Gasteiger partial charge on any atom is -0.480 e. The summed E-state index contributed by atoms with van der Waals surface area (Å²) in [5.74, 6) is 0.191. The van der Waals surface area contributed by atoms with Gasteiger partial charge in [-0.2, -0.15) is 0 Å². The lowest BCUT2D eigenvalue weighted by Crippen LogP contribution is -2.43. The molecule has 1 saturated carbocycles. The number of hydrogen-bond donors (Lipinski definition) is 2. The average molecular weight is 199 g/mol. The quantitative estimate of drug-likeness (QED) is 0.726. The predicted molar refractivity (Wildman–Crippen MR) is 55.9 cm³/mol. The fourth-order valence-corrected chi connectivity index (χ4v) is 2.76. The minimum atomic E-state index is -0.851. The Morgan fingerprint density at radius 1 is 1.36 bits per heavy atom. The summed E-state index contributed by atoms with van der Waals surface area (Å²) < 4.78 is 0. The van der Waals surface area contributed by atoms with E-state index in [1.54, 1.807) is 0 Å². The largest absolute Gasteiger partial charge is 0.480 e. The molecule has 2 unspecified atom stereocenters. The molecule has 82 valence electrons. The normalized spacial score (nSPS) is 22.6. The second-order valence-electron chi connectivity index (χ2n) is 4.73. The van der Waals surface area contributed by atoms with E-state index in [9.17, 15) is 4.79 Å². The third-order valence-corrected chi connectivity index (χ3v) is 3.41. The second kappa shape index (κ2) is 4.78. The van der Waals surface area contributed by atoms with Gasteiger partial charge in [0, 0.05) is 0 Å². The van der Waals surface area contributed by atoms with E-state index in [4.69, 9.17) is 10.8 Å². The molecule has 0 aliphatic heterocycles. The summed E-state index contributed by atoms with van der Waals surface area (Å²) in [6, 6.07) is -0.682. The van der Waals surface area contributed by atoms with Crippen LogP contribution in [0.5, 0.6) is 0 Å². The second-order valence-corrected chi connectivity index (χ2v) is 4.73. The van der Waals surface area contributed by atoms with Gasteiger partial charge in [0.2, 0.25) is 0 Å². The summed E-state index contributed by atoms with van der Waals surface area (Å²) in [7, 11) is 0. The summed E-state index contributed by atoms with van der Waals surface area (Å²) in [6.45, 7) is 4.15. The van der Waals surface area contributed by atoms with Crippen LogP contribution >= 0.6 is 0 Å². The molecular formula is C11H21NO2. The van der Waals surface area contributed by atoms with E-state index in [1.165, 1.54) is 12.8 Å². The lowest BCUT2D eigenvalue weighted by atomic mass is 9.77. The van der Waals surface area contributed by atoms with Crippen LogP contribution in [0, 0.1) is 17.8 Å². The molecule has 3 nitrogen and oxygen atoms in total. The lowest BCUT2D eigenvalue weighted by Gasteiger charge is -2.30. The zero-order valence-electron chi connectivity index (χ0n) is 9.07. The number of hydrogen-bond acceptors (Lipinski definition) is 2. The number of rotatable bonds is 4. The van der Waals surface area contributed by atoms with Crippen LogP contribution in [0.2, 0.25) is 0 Å². The van der Waals surface area contributed by atoms with Crippen molar-refractivity contribution < 1.29 is 9.90 Å². The Labute approximate surface area is 85.7 Å². The van der Waals surface area contributed by atoms with Gasteiger partial charge in [0.1, 0.15) is 6.04 Å². The maximum Gasteiger partial charge on any atom is 0.320 e. The Kier molecular flexibility index (Phi) is 3.93. The third-order valence-electron chi connectivity index (χ3n) is 3.41. The molecule has 3 N–H and O–H groups in total. The van der Waals surface area contributed by atoms with Crippen molar-refractivity contribution in [3.05, 3.63) is 0 Å². The van der Waals surface area contributed by atoms with Crippen molar-refractivity contribution in [1.82, 2.24) is 0 Å². The van der Waals surface area contributed by atoms with Crippen LogP contribution in [0.15, 0.2) is 0 Å². The zero-order valence-corrected chi connectivity index (χ0v) is 9.07. The van der Waals surface area contributed by atoms with Crippen LogP contribution in [0.4, 0.5) is 0 Å². The molecular weight excluding hydrogens is 178 g/mol. The van der Waals surface area contributed by atoms with E-state index in [0.717, 1.165) is 12.8 Å². The van der Waals surface area contributed by atoms with Gasteiger partial charge in [-0.25, -0.2) is 0 Å². The van der Waals surface area contributed by atoms with Gasteiger partial charge in [-0.3, -0.25) is 4.79 Å². The van der Waals surface area contributed by atoms with E-state index in [-0.39, 0.29) is 5.92 Å². The van der Waals surface area contributed by atoms with Crippen molar-refractivity contribution in [2.24, 2.45) is 23.5 Å². The summed E-state index contributed by atoms with van der Waals surface area (Å²) in [5, 5.41) is 8.94. The van der Waals surface area contributed by atoms with Gasteiger partial charge in [-0.1, -0.05) is 39.5 Å². The van der Waals surface area contributed by atoms with Gasteiger partial charge < -0.3 is 10.8 Å². The molecule has 14 heavy (non-hydrogen) atoms. The first-order valence-electron chi connectivity index (χ1n) is 5.52. The van der Waals surface area contributed by atoms with Gasteiger partial charge >= 0.3 is 5.97 Å². The molecule has 0 bridgehead atoms. The van der Waals surface area contributed by atoms with Gasteiger partial charge in [-0.15, -0.1) is 0 Å². The highest BCUT2D eigenvalue weighted by Crippen LogP contribution is 2.36. The molecule has 0 radical (unpaired) electrons. The molecule has 1 aliphatic carbocycles. The van der Waals surface area contributed by atoms with Crippen LogP contribution in [0.1, 0.15) is 39.5 Å². The van der Waals surface area contributed by atoms with Crippen molar-refractivity contribution in [1.29, 1.82) is 0 Å². The first kappa shape index (κ1) is 11.5. The van der Waals surface area contributed by atoms with Crippen molar-refractivity contribution in [2.45, 2.75) is 45.6 Å². The van der Waals surface area contributed by atoms with E-state index >= 15 is 0 Å². The number of aliphatic carboxylic acids is 1. The highest BCUT2D eigenvalue weighted by molar-refractivity contribution is 5.73. The maximum atomic E-state index is 10.9. The van der Waals surface area contributed by atoms with Gasteiger partial charge in [-0.05, 0) is 17.8 Å². The maximum absolute atomic E-state index is 10.9. The van der Waals surface area contributed by atoms with Gasteiger partial charge in [0.05, 0.1) is 0 Å². The molecule has 0 aromatic heterocycles. The Morgan fingerprint density at radius 3 is 2.21 bits per heavy atom. The monoisotopic (exact) mass is 199 g/mol. The molecule has 1 aliphatic rings. The van der Waals surface area contributed by atoms with Crippen LogP contribution in [-0.2, 0) is 4.79 Å². The molecule has 3 heteroatoms. The number of carboxylic acids is 1. The van der Waals surface area contributed by atoms with Crippen LogP contribution in [-0.4, -0.2) is 17.1 Å². The van der Waals surface area contributed by atoms with E-state index < -0.39 is 12.0 Å². The Bertz CT molecular complexity index is 197. The lowest BCUT2D eigenvalue weighted by molar-refractivity contribution is -0.141. The molecule has 0 aromatic carbocycles. The van der Waals surface area contributed by atoms with Gasteiger partial charge in [0.25, 0.3) is 0 Å². The predicted octanol–water partition coefficient (Wildman–Crippen LogP) is 1.86. The number of nitrogens with two attached hydrogens (primary N) is 1. The molecule has 0 aromatic rings. The Morgan fingerprint density at radius 2 is 1.86 bits per heavy atom. The molecule has 1 rings (SSSR count). The average Bonchev–Trinajstić information content (AvgIpc) is 2.56. The van der Waals surface area contributed by atoms with Crippen LogP contribution < -0.4 is 5.73 Å². The summed E-state index contributed by atoms with van der Waals surface area (Å²) in [5.41, 5.74) is 5.74. The molecule has 0 amide bonds. The summed E-state index contributed by atoms with van der Waals surface area (Å²) in [6.07, 6.45) is 4.79. The Balaban J connectivity index is 2.67. The Hall–Kier alpha value is -0.570. The standard InChI is InChI=1S/C11H21NO2/c1-7(2)9(10(12)11(13)14)8-5-3-4-6-8/h7-10H,3-6,12H2,1-2H3,(H,13,14). The zero-order chi connectivity index (χ0) is 10.7. The van der Waals surface area contributed by atoms with Crippen molar-refractivity contribution in [3.63, 3.8) is 0 Å². The smallest absolute Gasteiger partial charge is 0.320 e. The molecule has 0 heterocycles. The fourth-order valence-electron chi connectivity index (χ4n) is 2.76. The molecule has 2 atom stereocenters. The van der Waals surface area contributed by atoms with Crippen LogP contribution in [0.25, 0.3) is 0 Å². The number of carbonyl (C=O) groups is 1. The van der Waals surface area contributed by atoms with E-state index in [0.29, 0.717) is 11.8 Å². The van der Waals surface area contributed by atoms with Crippen molar-refractivity contribution >= 4 is 5.97 Å². The SMILES string of the molecule is CC(C)C(C1CCCC1)C(N)C(=O)O. The van der Waals surface area contributed by atoms with Crippen LogP contribution in [0.3, 0.4) is 0 Å². The molecule has 0 spiro atoms. The molecule has 0 saturated heterocycles. The summed E-state index contributed by atoms with van der Waals surface area (Å²) in [4.78, 5) is 10.9. The number of carboxylic acid groups (broad SMARTS) is 1. The first-order chi connectivity index (χ1) is 6.54.